The molecule has 3 nitrogen and oxygen atoms in total. The second-order valence-electron chi connectivity index (χ2n) is 7.92. The monoisotopic (exact) mass is 282 g/mol. The largest absolute Gasteiger partial charge is 0.368 e. The third-order valence-electron chi connectivity index (χ3n) is 5.51. The molecule has 2 unspecified atom stereocenters. The molecule has 0 radical (unpaired) electrons. The quantitative estimate of drug-likeness (QED) is 0.859. The van der Waals surface area contributed by atoms with Crippen molar-refractivity contribution in [1.82, 2.24) is 4.90 Å². The Bertz CT molecular complexity index is 338. The maximum absolute atomic E-state index is 6.40. The predicted octanol–water partition coefficient (Wildman–Crippen LogP) is 3.32. The van der Waals surface area contributed by atoms with Crippen LogP contribution in [0, 0.1) is 0 Å². The van der Waals surface area contributed by atoms with E-state index in [1.54, 1.807) is 0 Å². The topological polar surface area (TPSA) is 38.5 Å². The summed E-state index contributed by atoms with van der Waals surface area (Å²) < 4.78 is 6.40. The van der Waals surface area contributed by atoms with E-state index in [0.717, 1.165) is 6.42 Å². The Kier molecular flexibility index (Phi) is 4.54. The molecule has 2 aliphatic heterocycles. The summed E-state index contributed by atoms with van der Waals surface area (Å²) >= 11 is 0. The van der Waals surface area contributed by atoms with Crippen LogP contribution in [-0.4, -0.2) is 40.8 Å². The summed E-state index contributed by atoms with van der Waals surface area (Å²) in [4.78, 5) is 2.73. The molecule has 118 valence electrons. The SMILES string of the molecule is CCCC1CCCCN1C1(CN)CC(C)(C)OC1(C)C. The molecular formula is C17H34N2O. The van der Waals surface area contributed by atoms with Crippen LogP contribution in [0.1, 0.15) is 73.1 Å². The van der Waals surface area contributed by atoms with E-state index in [1.165, 1.54) is 38.6 Å². The Labute approximate surface area is 125 Å². The van der Waals surface area contributed by atoms with Crippen molar-refractivity contribution in [1.29, 1.82) is 0 Å². The average molecular weight is 282 g/mol. The molecule has 0 spiro atoms. The second kappa shape index (κ2) is 5.58. The van der Waals surface area contributed by atoms with E-state index in [9.17, 15) is 0 Å². The molecule has 2 fully saturated rings. The smallest absolute Gasteiger partial charge is 0.0830 e. The van der Waals surface area contributed by atoms with Crippen molar-refractivity contribution in [2.75, 3.05) is 13.1 Å². The van der Waals surface area contributed by atoms with Gasteiger partial charge in [0.1, 0.15) is 0 Å². The van der Waals surface area contributed by atoms with Crippen LogP contribution in [0.25, 0.3) is 0 Å². The van der Waals surface area contributed by atoms with Gasteiger partial charge in [-0.3, -0.25) is 4.90 Å². The summed E-state index contributed by atoms with van der Waals surface area (Å²) in [7, 11) is 0. The van der Waals surface area contributed by atoms with Gasteiger partial charge in [-0.05, 0) is 59.9 Å². The van der Waals surface area contributed by atoms with Gasteiger partial charge in [0.25, 0.3) is 0 Å². The van der Waals surface area contributed by atoms with Crippen LogP contribution in [0.15, 0.2) is 0 Å². The maximum atomic E-state index is 6.40. The first-order chi connectivity index (χ1) is 9.28. The van der Waals surface area contributed by atoms with Gasteiger partial charge in [-0.1, -0.05) is 19.8 Å². The number of piperidine rings is 1. The van der Waals surface area contributed by atoms with Gasteiger partial charge in [0.15, 0.2) is 0 Å². The lowest BCUT2D eigenvalue weighted by atomic mass is 9.75. The second-order valence-corrected chi connectivity index (χ2v) is 7.92. The number of nitrogens with two attached hydrogens (primary N) is 1. The number of likely N-dealkylation sites (tertiary alicyclic amines) is 1. The highest BCUT2D eigenvalue weighted by atomic mass is 16.5. The Hall–Kier alpha value is -0.120. The first-order valence-electron chi connectivity index (χ1n) is 8.45. The number of ether oxygens (including phenoxy) is 1. The van der Waals surface area contributed by atoms with Gasteiger partial charge in [-0.25, -0.2) is 0 Å². The summed E-state index contributed by atoms with van der Waals surface area (Å²) in [5.74, 6) is 0. The highest BCUT2D eigenvalue weighted by Crippen LogP contribution is 2.49. The Morgan fingerprint density at radius 3 is 2.40 bits per heavy atom. The zero-order valence-corrected chi connectivity index (χ0v) is 14.2. The lowest BCUT2D eigenvalue weighted by molar-refractivity contribution is -0.116. The molecule has 0 aliphatic carbocycles. The van der Waals surface area contributed by atoms with Gasteiger partial charge in [-0.15, -0.1) is 0 Å². The van der Waals surface area contributed by atoms with E-state index >= 15 is 0 Å². The molecular weight excluding hydrogens is 248 g/mol. The third-order valence-corrected chi connectivity index (χ3v) is 5.51. The number of rotatable bonds is 4. The van der Waals surface area contributed by atoms with Crippen LogP contribution in [0.4, 0.5) is 0 Å². The molecule has 2 N–H and O–H groups in total. The molecule has 0 bridgehead atoms. The van der Waals surface area contributed by atoms with Crippen molar-refractivity contribution in [2.45, 2.75) is 95.9 Å². The van der Waals surface area contributed by atoms with Crippen molar-refractivity contribution in [3.63, 3.8) is 0 Å². The molecule has 2 rings (SSSR count). The van der Waals surface area contributed by atoms with Gasteiger partial charge in [0.2, 0.25) is 0 Å². The van der Waals surface area contributed by atoms with Gasteiger partial charge in [0.05, 0.1) is 16.7 Å². The third kappa shape index (κ3) is 2.65. The van der Waals surface area contributed by atoms with Gasteiger partial charge in [-0.2, -0.15) is 0 Å². The zero-order chi connectivity index (χ0) is 15.0. The molecule has 2 atom stereocenters. The standard InChI is InChI=1S/C17H34N2O/c1-6-9-14-10-7-8-11-19(14)17(13-18)12-15(2,3)20-16(17,4)5/h14H,6-13,18H2,1-5H3. The van der Waals surface area contributed by atoms with Crippen molar-refractivity contribution in [3.05, 3.63) is 0 Å². The van der Waals surface area contributed by atoms with Crippen LogP contribution in [0.2, 0.25) is 0 Å². The van der Waals surface area contributed by atoms with Crippen LogP contribution in [0.3, 0.4) is 0 Å². The van der Waals surface area contributed by atoms with Gasteiger partial charge in [0, 0.05) is 12.6 Å². The summed E-state index contributed by atoms with van der Waals surface area (Å²) in [5, 5.41) is 0. The molecule has 0 aromatic heterocycles. The average Bonchev–Trinajstić information content (AvgIpc) is 2.55. The highest BCUT2D eigenvalue weighted by molar-refractivity contribution is 5.14. The van der Waals surface area contributed by atoms with Crippen LogP contribution in [-0.2, 0) is 4.74 Å². The number of hydrogen-bond acceptors (Lipinski definition) is 3. The number of nitrogens with zero attached hydrogens (tertiary/aromatic N) is 1. The zero-order valence-electron chi connectivity index (χ0n) is 14.2. The molecule has 0 aromatic rings. The van der Waals surface area contributed by atoms with Crippen molar-refractivity contribution < 1.29 is 4.74 Å². The highest BCUT2D eigenvalue weighted by Gasteiger charge is 2.60. The summed E-state index contributed by atoms with van der Waals surface area (Å²) in [6.07, 6.45) is 7.59. The fourth-order valence-electron chi connectivity index (χ4n) is 4.82. The predicted molar refractivity (Wildman–Crippen MR) is 84.9 cm³/mol. The molecule has 0 aromatic carbocycles. The minimum Gasteiger partial charge on any atom is -0.368 e. The lowest BCUT2D eigenvalue weighted by Crippen LogP contribution is -2.66. The normalized spacial score (nSPS) is 37.2. The van der Waals surface area contributed by atoms with Crippen LogP contribution < -0.4 is 5.73 Å². The Morgan fingerprint density at radius 1 is 1.20 bits per heavy atom. The van der Waals surface area contributed by atoms with E-state index in [1.807, 2.05) is 0 Å². The summed E-state index contributed by atoms with van der Waals surface area (Å²) in [6.45, 7) is 13.1. The van der Waals surface area contributed by atoms with E-state index in [0.29, 0.717) is 12.6 Å². The van der Waals surface area contributed by atoms with Gasteiger partial charge < -0.3 is 10.5 Å². The van der Waals surface area contributed by atoms with Gasteiger partial charge >= 0.3 is 0 Å². The molecule has 0 amide bonds. The molecule has 20 heavy (non-hydrogen) atoms. The fraction of sp³-hybridized carbons (Fsp3) is 1.00. The van der Waals surface area contributed by atoms with Crippen molar-refractivity contribution in [3.8, 4) is 0 Å². The first kappa shape index (κ1) is 16.3. The lowest BCUT2D eigenvalue weighted by Gasteiger charge is -2.53. The molecule has 2 saturated heterocycles. The molecule has 0 saturated carbocycles. The first-order valence-corrected chi connectivity index (χ1v) is 8.45. The minimum absolute atomic E-state index is 0.00322. The Morgan fingerprint density at radius 2 is 1.90 bits per heavy atom. The van der Waals surface area contributed by atoms with E-state index in [4.69, 9.17) is 10.5 Å². The molecule has 2 aliphatic rings. The van der Waals surface area contributed by atoms with Crippen molar-refractivity contribution in [2.24, 2.45) is 5.73 Å². The van der Waals surface area contributed by atoms with Crippen LogP contribution >= 0.6 is 0 Å². The van der Waals surface area contributed by atoms with E-state index in [-0.39, 0.29) is 16.7 Å². The fourth-order valence-corrected chi connectivity index (χ4v) is 4.82. The maximum Gasteiger partial charge on any atom is 0.0830 e. The van der Waals surface area contributed by atoms with E-state index in [2.05, 4.69) is 39.5 Å². The summed E-state index contributed by atoms with van der Waals surface area (Å²) in [5.41, 5.74) is 6.09. The molecule has 3 heteroatoms. The van der Waals surface area contributed by atoms with Crippen molar-refractivity contribution >= 4 is 0 Å². The number of hydrogen-bond donors (Lipinski definition) is 1. The van der Waals surface area contributed by atoms with Crippen LogP contribution in [0.5, 0.6) is 0 Å². The summed E-state index contributed by atoms with van der Waals surface area (Å²) in [6, 6.07) is 0.689. The molecule has 2 heterocycles. The Balaban J connectivity index is 2.33. The van der Waals surface area contributed by atoms with E-state index < -0.39 is 0 Å². The minimum atomic E-state index is -0.172.